The number of anilines is 1. The molecule has 0 unspecified atom stereocenters. The van der Waals surface area contributed by atoms with Crippen molar-refractivity contribution in [1.29, 1.82) is 0 Å². The van der Waals surface area contributed by atoms with Crippen LogP contribution in [0.5, 0.6) is 5.75 Å². The highest BCUT2D eigenvalue weighted by atomic mass is 16.5. The summed E-state index contributed by atoms with van der Waals surface area (Å²) in [6.07, 6.45) is 7.56. The molecule has 0 heterocycles. The van der Waals surface area contributed by atoms with Crippen LogP contribution in [-0.2, 0) is 4.79 Å². The van der Waals surface area contributed by atoms with Gasteiger partial charge in [0.05, 0.1) is 6.61 Å². The maximum Gasteiger partial charge on any atom is 0.221 e. The van der Waals surface area contributed by atoms with Gasteiger partial charge in [-0.1, -0.05) is 45.1 Å². The summed E-state index contributed by atoms with van der Waals surface area (Å²) in [6.45, 7) is 4.48. The van der Waals surface area contributed by atoms with Gasteiger partial charge in [0.2, 0.25) is 5.91 Å². The van der Waals surface area contributed by atoms with E-state index in [0.717, 1.165) is 24.5 Å². The number of carbonyl (C=O) groups excluding carboxylic acids is 1. The van der Waals surface area contributed by atoms with E-state index in [-0.39, 0.29) is 5.91 Å². The van der Waals surface area contributed by atoms with Crippen LogP contribution >= 0.6 is 0 Å². The lowest BCUT2D eigenvalue weighted by atomic mass is 10.1. The minimum Gasteiger partial charge on any atom is -0.494 e. The molecule has 0 radical (unpaired) electrons. The van der Waals surface area contributed by atoms with Crippen molar-refractivity contribution in [2.24, 2.45) is 0 Å². The Hall–Kier alpha value is -1.51. The molecule has 0 bridgehead atoms. The molecule has 1 aromatic carbocycles. The molecule has 0 saturated heterocycles. The standard InChI is InChI=1S/C16H25NO2/c1-3-4-5-6-7-8-12-19-16-11-9-10-15(13-16)17-14(2)18/h9-11,13H,3-8,12H2,1-2H3,(H,17,18). The topological polar surface area (TPSA) is 38.3 Å². The lowest BCUT2D eigenvalue weighted by molar-refractivity contribution is -0.114. The molecular weight excluding hydrogens is 238 g/mol. The smallest absolute Gasteiger partial charge is 0.221 e. The number of benzene rings is 1. The van der Waals surface area contributed by atoms with Crippen molar-refractivity contribution in [3.05, 3.63) is 24.3 Å². The summed E-state index contributed by atoms with van der Waals surface area (Å²) in [6, 6.07) is 7.53. The maximum absolute atomic E-state index is 11.0. The van der Waals surface area contributed by atoms with Gasteiger partial charge in [-0.15, -0.1) is 0 Å². The summed E-state index contributed by atoms with van der Waals surface area (Å²) in [5.74, 6) is 0.757. The van der Waals surface area contributed by atoms with Gasteiger partial charge in [0.25, 0.3) is 0 Å². The summed E-state index contributed by atoms with van der Waals surface area (Å²) in [7, 11) is 0. The van der Waals surface area contributed by atoms with E-state index in [2.05, 4.69) is 12.2 Å². The molecule has 3 nitrogen and oxygen atoms in total. The highest BCUT2D eigenvalue weighted by Gasteiger charge is 1.98. The van der Waals surface area contributed by atoms with Crippen LogP contribution in [0.3, 0.4) is 0 Å². The van der Waals surface area contributed by atoms with Crippen molar-refractivity contribution in [2.45, 2.75) is 52.4 Å². The minimum absolute atomic E-state index is 0.0620. The van der Waals surface area contributed by atoms with E-state index >= 15 is 0 Å². The van der Waals surface area contributed by atoms with E-state index < -0.39 is 0 Å². The number of hydrogen-bond donors (Lipinski definition) is 1. The normalized spacial score (nSPS) is 10.2. The first-order valence-corrected chi connectivity index (χ1v) is 7.23. The fraction of sp³-hybridized carbons (Fsp3) is 0.562. The fourth-order valence-corrected chi connectivity index (χ4v) is 1.94. The van der Waals surface area contributed by atoms with E-state index in [1.165, 1.54) is 39.0 Å². The first-order valence-electron chi connectivity index (χ1n) is 7.23. The second-order valence-corrected chi connectivity index (χ2v) is 4.83. The third-order valence-electron chi connectivity index (χ3n) is 2.92. The number of amides is 1. The number of rotatable bonds is 9. The summed E-state index contributed by atoms with van der Waals surface area (Å²) in [5, 5.41) is 2.75. The van der Waals surface area contributed by atoms with E-state index in [1.807, 2.05) is 24.3 Å². The van der Waals surface area contributed by atoms with Crippen molar-refractivity contribution in [1.82, 2.24) is 0 Å². The van der Waals surface area contributed by atoms with Gasteiger partial charge >= 0.3 is 0 Å². The Balaban J connectivity index is 2.20. The van der Waals surface area contributed by atoms with Crippen LogP contribution in [0.25, 0.3) is 0 Å². The molecule has 0 aliphatic heterocycles. The Labute approximate surface area is 116 Å². The third-order valence-corrected chi connectivity index (χ3v) is 2.92. The molecule has 19 heavy (non-hydrogen) atoms. The van der Waals surface area contributed by atoms with Crippen LogP contribution in [-0.4, -0.2) is 12.5 Å². The van der Waals surface area contributed by atoms with Crippen LogP contribution in [0.4, 0.5) is 5.69 Å². The second-order valence-electron chi connectivity index (χ2n) is 4.83. The Bertz CT molecular complexity index is 377. The van der Waals surface area contributed by atoms with Crippen molar-refractivity contribution in [3.8, 4) is 5.75 Å². The lowest BCUT2D eigenvalue weighted by Crippen LogP contribution is -2.06. The quantitative estimate of drug-likeness (QED) is 0.671. The van der Waals surface area contributed by atoms with Gasteiger partial charge in [0.15, 0.2) is 0 Å². The molecule has 3 heteroatoms. The molecule has 0 spiro atoms. The predicted octanol–water partition coefficient (Wildman–Crippen LogP) is 4.38. The van der Waals surface area contributed by atoms with E-state index in [1.54, 1.807) is 0 Å². The molecule has 0 fully saturated rings. The largest absolute Gasteiger partial charge is 0.494 e. The lowest BCUT2D eigenvalue weighted by Gasteiger charge is -2.08. The van der Waals surface area contributed by atoms with Crippen molar-refractivity contribution < 1.29 is 9.53 Å². The Morgan fingerprint density at radius 2 is 1.89 bits per heavy atom. The number of unbranched alkanes of at least 4 members (excludes halogenated alkanes) is 5. The third kappa shape index (κ3) is 7.50. The number of hydrogen-bond acceptors (Lipinski definition) is 2. The zero-order valence-electron chi connectivity index (χ0n) is 12.1. The molecule has 0 aliphatic carbocycles. The average molecular weight is 263 g/mol. The first kappa shape index (κ1) is 15.5. The van der Waals surface area contributed by atoms with Crippen molar-refractivity contribution in [2.75, 3.05) is 11.9 Å². The van der Waals surface area contributed by atoms with Gasteiger partial charge in [0.1, 0.15) is 5.75 Å². The van der Waals surface area contributed by atoms with Gasteiger partial charge in [-0.05, 0) is 18.6 Å². The monoisotopic (exact) mass is 263 g/mol. The van der Waals surface area contributed by atoms with Gasteiger partial charge in [0, 0.05) is 18.7 Å². The zero-order valence-corrected chi connectivity index (χ0v) is 12.1. The number of ether oxygens (including phenoxy) is 1. The van der Waals surface area contributed by atoms with Crippen LogP contribution in [0, 0.1) is 0 Å². The molecule has 1 aromatic rings. The van der Waals surface area contributed by atoms with Gasteiger partial charge in [-0.25, -0.2) is 0 Å². The van der Waals surface area contributed by atoms with Gasteiger partial charge in [-0.3, -0.25) is 4.79 Å². The molecular formula is C16H25NO2. The SMILES string of the molecule is CCCCCCCCOc1cccc(NC(C)=O)c1. The highest BCUT2D eigenvalue weighted by molar-refractivity contribution is 5.88. The summed E-state index contributed by atoms with van der Waals surface area (Å²) in [5.41, 5.74) is 0.785. The first-order chi connectivity index (χ1) is 9.22. The molecule has 0 atom stereocenters. The summed E-state index contributed by atoms with van der Waals surface area (Å²) < 4.78 is 5.68. The van der Waals surface area contributed by atoms with E-state index in [4.69, 9.17) is 4.74 Å². The second kappa shape index (κ2) is 9.42. The van der Waals surface area contributed by atoms with Crippen LogP contribution in [0.1, 0.15) is 52.4 Å². The number of carbonyl (C=O) groups is 1. The minimum atomic E-state index is -0.0620. The molecule has 106 valence electrons. The Kier molecular flexibility index (Phi) is 7.71. The van der Waals surface area contributed by atoms with Crippen LogP contribution in [0.15, 0.2) is 24.3 Å². The fourth-order valence-electron chi connectivity index (χ4n) is 1.94. The molecule has 1 N–H and O–H groups in total. The Morgan fingerprint density at radius 3 is 2.63 bits per heavy atom. The van der Waals surface area contributed by atoms with Crippen LogP contribution < -0.4 is 10.1 Å². The molecule has 0 aliphatic rings. The summed E-state index contributed by atoms with van der Waals surface area (Å²) in [4.78, 5) is 11.0. The maximum atomic E-state index is 11.0. The molecule has 0 aromatic heterocycles. The average Bonchev–Trinajstić information content (AvgIpc) is 2.37. The highest BCUT2D eigenvalue weighted by Crippen LogP contribution is 2.17. The van der Waals surface area contributed by atoms with Gasteiger partial charge in [-0.2, -0.15) is 0 Å². The number of nitrogens with one attached hydrogen (secondary N) is 1. The van der Waals surface area contributed by atoms with Crippen LogP contribution in [0.2, 0.25) is 0 Å². The zero-order chi connectivity index (χ0) is 13.9. The van der Waals surface area contributed by atoms with Gasteiger partial charge < -0.3 is 10.1 Å². The molecule has 1 amide bonds. The Morgan fingerprint density at radius 1 is 1.16 bits per heavy atom. The van der Waals surface area contributed by atoms with Crippen molar-refractivity contribution in [3.63, 3.8) is 0 Å². The van der Waals surface area contributed by atoms with E-state index in [9.17, 15) is 4.79 Å². The predicted molar refractivity (Wildman–Crippen MR) is 79.6 cm³/mol. The van der Waals surface area contributed by atoms with E-state index in [0.29, 0.717) is 0 Å². The molecule has 0 saturated carbocycles. The summed E-state index contributed by atoms with van der Waals surface area (Å²) >= 11 is 0. The van der Waals surface area contributed by atoms with Crippen molar-refractivity contribution >= 4 is 11.6 Å². The molecule has 1 rings (SSSR count).